The van der Waals surface area contributed by atoms with Gasteiger partial charge in [0.25, 0.3) is 0 Å². The molecule has 2 rings (SSSR count). The number of carbonyl (C=O) groups is 1. The summed E-state index contributed by atoms with van der Waals surface area (Å²) in [4.78, 5) is 15.2. The molecule has 0 bridgehead atoms. The minimum Gasteiger partial charge on any atom is -0.481 e. The molecule has 0 aliphatic rings. The third kappa shape index (κ3) is 3.77. The van der Waals surface area contributed by atoms with E-state index in [0.29, 0.717) is 12.5 Å². The second-order valence-corrected chi connectivity index (χ2v) is 5.56. The predicted molar refractivity (Wildman–Crippen MR) is 79.1 cm³/mol. The number of aliphatic carboxylic acids is 1. The summed E-state index contributed by atoms with van der Waals surface area (Å²) in [6, 6.07) is 7.52. The van der Waals surface area contributed by atoms with Crippen LogP contribution in [0.15, 0.2) is 24.3 Å². The van der Waals surface area contributed by atoms with Crippen molar-refractivity contribution in [3.63, 3.8) is 0 Å². The molecular formula is C14H17N3O2S. The largest absolute Gasteiger partial charge is 0.481 e. The fourth-order valence-corrected chi connectivity index (χ4v) is 2.48. The van der Waals surface area contributed by atoms with Crippen LogP contribution in [0.2, 0.25) is 0 Å². The van der Waals surface area contributed by atoms with Crippen LogP contribution in [0.3, 0.4) is 0 Å². The molecule has 2 N–H and O–H groups in total. The fourth-order valence-electron chi connectivity index (χ4n) is 1.78. The Morgan fingerprint density at radius 1 is 1.35 bits per heavy atom. The maximum Gasteiger partial charge on any atom is 0.307 e. The van der Waals surface area contributed by atoms with Gasteiger partial charge in [0.1, 0.15) is 5.82 Å². The topological polar surface area (TPSA) is 75.1 Å². The molecule has 0 fully saturated rings. The van der Waals surface area contributed by atoms with Crippen molar-refractivity contribution in [2.45, 2.75) is 32.7 Å². The van der Waals surface area contributed by atoms with Gasteiger partial charge in [-0.15, -0.1) is 0 Å². The third-order valence-corrected chi connectivity index (χ3v) is 3.54. The molecule has 0 aliphatic carbocycles. The van der Waals surface area contributed by atoms with Crippen molar-refractivity contribution in [2.75, 3.05) is 5.32 Å². The van der Waals surface area contributed by atoms with Crippen LogP contribution < -0.4 is 5.32 Å². The van der Waals surface area contributed by atoms with Crippen molar-refractivity contribution < 1.29 is 9.90 Å². The molecule has 0 saturated heterocycles. The Bertz CT molecular complexity index is 596. The molecular weight excluding hydrogens is 274 g/mol. The van der Waals surface area contributed by atoms with Crippen LogP contribution in [0.1, 0.15) is 36.7 Å². The SMILES string of the molecule is CC(C)c1nsc(NCc2ccccc2CC(=O)O)n1. The lowest BCUT2D eigenvalue weighted by Gasteiger charge is -2.08. The highest BCUT2D eigenvalue weighted by molar-refractivity contribution is 7.09. The number of carboxylic acid groups (broad SMARTS) is 1. The number of carboxylic acids is 1. The summed E-state index contributed by atoms with van der Waals surface area (Å²) in [6.07, 6.45) is 0.0330. The molecule has 1 heterocycles. The zero-order valence-corrected chi connectivity index (χ0v) is 12.3. The van der Waals surface area contributed by atoms with Gasteiger partial charge < -0.3 is 10.4 Å². The van der Waals surface area contributed by atoms with E-state index in [2.05, 4.69) is 14.7 Å². The van der Waals surface area contributed by atoms with Gasteiger partial charge in [0.2, 0.25) is 5.13 Å². The van der Waals surface area contributed by atoms with Crippen LogP contribution in [0.4, 0.5) is 5.13 Å². The molecule has 20 heavy (non-hydrogen) atoms. The maximum atomic E-state index is 10.8. The standard InChI is InChI=1S/C14H17N3O2S/c1-9(2)13-16-14(20-17-13)15-8-11-6-4-3-5-10(11)7-12(18)19/h3-6,9H,7-8H2,1-2H3,(H,18,19)(H,15,16,17). The first-order chi connectivity index (χ1) is 9.56. The molecule has 0 atom stereocenters. The summed E-state index contributed by atoms with van der Waals surface area (Å²) in [5.41, 5.74) is 1.79. The van der Waals surface area contributed by atoms with Crippen molar-refractivity contribution in [3.8, 4) is 0 Å². The molecule has 6 heteroatoms. The van der Waals surface area contributed by atoms with Crippen molar-refractivity contribution in [3.05, 3.63) is 41.2 Å². The van der Waals surface area contributed by atoms with Gasteiger partial charge in [-0.25, -0.2) is 4.98 Å². The van der Waals surface area contributed by atoms with Gasteiger partial charge in [0.15, 0.2) is 0 Å². The van der Waals surface area contributed by atoms with Gasteiger partial charge in [-0.2, -0.15) is 4.37 Å². The van der Waals surface area contributed by atoms with E-state index >= 15 is 0 Å². The molecule has 0 unspecified atom stereocenters. The van der Waals surface area contributed by atoms with Gasteiger partial charge in [0, 0.05) is 24.0 Å². The van der Waals surface area contributed by atoms with Crippen LogP contribution in [-0.4, -0.2) is 20.4 Å². The second kappa shape index (κ2) is 6.47. The van der Waals surface area contributed by atoms with Gasteiger partial charge in [-0.3, -0.25) is 4.79 Å². The molecule has 1 aromatic carbocycles. The summed E-state index contributed by atoms with van der Waals surface area (Å²) in [7, 11) is 0. The summed E-state index contributed by atoms with van der Waals surface area (Å²) in [5.74, 6) is 0.313. The average molecular weight is 291 g/mol. The van der Waals surface area contributed by atoms with Gasteiger partial charge in [0.05, 0.1) is 6.42 Å². The number of hydrogen-bond donors (Lipinski definition) is 2. The summed E-state index contributed by atoms with van der Waals surface area (Å²) in [5, 5.41) is 12.9. The Hall–Kier alpha value is -1.95. The number of nitrogens with one attached hydrogen (secondary N) is 1. The number of nitrogens with zero attached hydrogens (tertiary/aromatic N) is 2. The minimum absolute atomic E-state index is 0.0330. The Kier molecular flexibility index (Phi) is 4.68. The normalized spacial score (nSPS) is 10.8. The highest BCUT2D eigenvalue weighted by Crippen LogP contribution is 2.19. The first kappa shape index (κ1) is 14.5. The van der Waals surface area contributed by atoms with Crippen molar-refractivity contribution >= 4 is 22.6 Å². The van der Waals surface area contributed by atoms with Crippen LogP contribution in [0.25, 0.3) is 0 Å². The highest BCUT2D eigenvalue weighted by Gasteiger charge is 2.09. The Morgan fingerprint density at radius 2 is 2.05 bits per heavy atom. The summed E-state index contributed by atoms with van der Waals surface area (Å²) >= 11 is 1.33. The van der Waals surface area contributed by atoms with E-state index in [0.717, 1.165) is 22.1 Å². The molecule has 0 saturated carbocycles. The smallest absolute Gasteiger partial charge is 0.307 e. The zero-order valence-electron chi connectivity index (χ0n) is 11.5. The lowest BCUT2D eigenvalue weighted by molar-refractivity contribution is -0.136. The van der Waals surface area contributed by atoms with E-state index in [9.17, 15) is 4.79 Å². The molecule has 1 aromatic heterocycles. The number of anilines is 1. The zero-order chi connectivity index (χ0) is 14.5. The van der Waals surface area contributed by atoms with Crippen LogP contribution in [0.5, 0.6) is 0 Å². The molecule has 106 valence electrons. The lowest BCUT2D eigenvalue weighted by Crippen LogP contribution is -2.07. The first-order valence-corrected chi connectivity index (χ1v) is 7.19. The van der Waals surface area contributed by atoms with Crippen molar-refractivity contribution in [2.24, 2.45) is 0 Å². The average Bonchev–Trinajstić information content (AvgIpc) is 2.86. The Morgan fingerprint density at radius 3 is 2.65 bits per heavy atom. The number of aromatic nitrogens is 2. The Balaban J connectivity index is 2.04. The highest BCUT2D eigenvalue weighted by atomic mass is 32.1. The number of rotatable bonds is 6. The summed E-state index contributed by atoms with van der Waals surface area (Å²) < 4.78 is 4.27. The van der Waals surface area contributed by atoms with E-state index < -0.39 is 5.97 Å². The van der Waals surface area contributed by atoms with E-state index in [1.165, 1.54) is 11.5 Å². The van der Waals surface area contributed by atoms with E-state index in [-0.39, 0.29) is 6.42 Å². The van der Waals surface area contributed by atoms with Crippen LogP contribution >= 0.6 is 11.5 Å². The lowest BCUT2D eigenvalue weighted by atomic mass is 10.0. The predicted octanol–water partition coefficient (Wildman–Crippen LogP) is 2.90. The monoisotopic (exact) mass is 291 g/mol. The second-order valence-electron chi connectivity index (χ2n) is 4.81. The van der Waals surface area contributed by atoms with Crippen LogP contribution in [0, 0.1) is 0 Å². The molecule has 2 aromatic rings. The van der Waals surface area contributed by atoms with E-state index in [1.807, 2.05) is 38.1 Å². The summed E-state index contributed by atoms with van der Waals surface area (Å²) in [6.45, 7) is 4.65. The van der Waals surface area contributed by atoms with Crippen molar-refractivity contribution in [1.82, 2.24) is 9.36 Å². The fraction of sp³-hybridized carbons (Fsp3) is 0.357. The molecule has 0 amide bonds. The van der Waals surface area contributed by atoms with Gasteiger partial charge in [-0.05, 0) is 11.1 Å². The van der Waals surface area contributed by atoms with Gasteiger partial charge in [-0.1, -0.05) is 38.1 Å². The van der Waals surface area contributed by atoms with Gasteiger partial charge >= 0.3 is 5.97 Å². The third-order valence-electron chi connectivity index (χ3n) is 2.85. The minimum atomic E-state index is -0.824. The van der Waals surface area contributed by atoms with E-state index in [1.54, 1.807) is 0 Å². The Labute approximate surface area is 121 Å². The molecule has 5 nitrogen and oxygen atoms in total. The molecule has 0 spiro atoms. The number of benzene rings is 1. The van der Waals surface area contributed by atoms with Crippen molar-refractivity contribution in [1.29, 1.82) is 0 Å². The molecule has 0 aliphatic heterocycles. The van der Waals surface area contributed by atoms with Crippen LogP contribution in [-0.2, 0) is 17.8 Å². The van der Waals surface area contributed by atoms with E-state index in [4.69, 9.17) is 5.11 Å². The maximum absolute atomic E-state index is 10.8. The number of hydrogen-bond acceptors (Lipinski definition) is 5. The first-order valence-electron chi connectivity index (χ1n) is 6.42. The molecule has 0 radical (unpaired) electrons. The quantitative estimate of drug-likeness (QED) is 0.856.